The zero-order chi connectivity index (χ0) is 14.3. The normalized spacial score (nSPS) is 32.8. The van der Waals surface area contributed by atoms with Crippen LogP contribution in [0.2, 0.25) is 0 Å². The lowest BCUT2D eigenvalue weighted by Gasteiger charge is -2.55. The van der Waals surface area contributed by atoms with Gasteiger partial charge in [-0.2, -0.15) is 0 Å². The second kappa shape index (κ2) is 5.05. The molecule has 20 heavy (non-hydrogen) atoms. The van der Waals surface area contributed by atoms with Gasteiger partial charge in [-0.05, 0) is 56.2 Å². The third-order valence-corrected chi connectivity index (χ3v) is 5.41. The fraction of sp³-hybridized carbons (Fsp3) is 0.647. The quantitative estimate of drug-likeness (QED) is 0.914. The molecule has 1 aliphatic heterocycles. The maximum absolute atomic E-state index is 5.45. The molecule has 3 nitrogen and oxygen atoms in total. The number of piperidine rings is 1. The van der Waals surface area contributed by atoms with E-state index in [2.05, 4.69) is 49.3 Å². The van der Waals surface area contributed by atoms with Crippen LogP contribution in [0.1, 0.15) is 31.4 Å². The predicted octanol–water partition coefficient (Wildman–Crippen LogP) is 2.19. The highest BCUT2D eigenvalue weighted by molar-refractivity contribution is 5.45. The second-order valence-electron chi connectivity index (χ2n) is 6.48. The van der Waals surface area contributed by atoms with Gasteiger partial charge in [0.15, 0.2) is 0 Å². The number of likely N-dealkylation sites (tertiary alicyclic amines) is 1. The summed E-state index contributed by atoms with van der Waals surface area (Å²) in [5, 5.41) is 3.75. The second-order valence-corrected chi connectivity index (χ2v) is 6.48. The van der Waals surface area contributed by atoms with Crippen molar-refractivity contribution in [1.29, 1.82) is 0 Å². The number of rotatable bonds is 3. The lowest BCUT2D eigenvalue weighted by molar-refractivity contribution is 0.0669. The van der Waals surface area contributed by atoms with Crippen LogP contribution in [0, 0.1) is 0 Å². The van der Waals surface area contributed by atoms with E-state index in [9.17, 15) is 0 Å². The number of ether oxygens (including phenoxy) is 1. The minimum atomic E-state index is 0.218. The Morgan fingerprint density at radius 2 is 2.25 bits per heavy atom. The molecule has 0 aromatic heterocycles. The Kier molecular flexibility index (Phi) is 3.51. The number of nitrogens with one attached hydrogen (secondary N) is 1. The van der Waals surface area contributed by atoms with E-state index in [-0.39, 0.29) is 5.41 Å². The highest BCUT2D eigenvalue weighted by Gasteiger charge is 2.49. The third-order valence-electron chi connectivity index (χ3n) is 5.41. The highest BCUT2D eigenvalue weighted by Crippen LogP contribution is 2.45. The average molecular weight is 274 g/mol. The maximum atomic E-state index is 5.45. The molecule has 0 saturated carbocycles. The van der Waals surface area contributed by atoms with Crippen molar-refractivity contribution in [3.05, 3.63) is 29.3 Å². The lowest BCUT2D eigenvalue weighted by Crippen LogP contribution is -2.66. The van der Waals surface area contributed by atoms with E-state index in [4.69, 9.17) is 4.74 Å². The first-order valence-corrected chi connectivity index (χ1v) is 7.71. The van der Waals surface area contributed by atoms with Gasteiger partial charge in [0.1, 0.15) is 5.75 Å². The van der Waals surface area contributed by atoms with Crippen molar-refractivity contribution in [2.24, 2.45) is 0 Å². The van der Waals surface area contributed by atoms with Gasteiger partial charge in [0.25, 0.3) is 0 Å². The van der Waals surface area contributed by atoms with Gasteiger partial charge in [-0.3, -0.25) is 0 Å². The molecule has 1 saturated heterocycles. The Hall–Kier alpha value is -1.06. The summed E-state index contributed by atoms with van der Waals surface area (Å²) in [5.41, 5.74) is 3.21. The van der Waals surface area contributed by atoms with Crippen LogP contribution >= 0.6 is 0 Å². The summed E-state index contributed by atoms with van der Waals surface area (Å²) in [6.07, 6.45) is 2.35. The van der Waals surface area contributed by atoms with Crippen LogP contribution in [-0.4, -0.2) is 44.2 Å². The first kappa shape index (κ1) is 13.9. The summed E-state index contributed by atoms with van der Waals surface area (Å²) in [5.74, 6) is 0.984. The van der Waals surface area contributed by atoms with Crippen molar-refractivity contribution < 1.29 is 4.74 Å². The van der Waals surface area contributed by atoms with Crippen LogP contribution in [0.15, 0.2) is 18.2 Å². The third kappa shape index (κ3) is 1.95. The maximum Gasteiger partial charge on any atom is 0.119 e. The minimum absolute atomic E-state index is 0.218. The van der Waals surface area contributed by atoms with Crippen molar-refractivity contribution in [2.45, 2.75) is 44.2 Å². The molecule has 3 atom stereocenters. The van der Waals surface area contributed by atoms with Crippen molar-refractivity contribution in [3.8, 4) is 5.75 Å². The van der Waals surface area contributed by atoms with E-state index in [1.807, 2.05) is 0 Å². The minimum Gasteiger partial charge on any atom is -0.497 e. The standard InChI is InChI=1S/C17H26N2O/c1-5-18-16-15-10-12-6-7-13(20-4)11-14(12)17(16,2)8-9-19(15)3/h6-7,11,15-16,18H,5,8-10H2,1-4H3/t15-,16+,17-/m1/s1. The zero-order valence-electron chi connectivity index (χ0n) is 13.1. The highest BCUT2D eigenvalue weighted by atomic mass is 16.5. The van der Waals surface area contributed by atoms with Gasteiger partial charge in [0, 0.05) is 17.5 Å². The smallest absolute Gasteiger partial charge is 0.119 e. The molecule has 0 unspecified atom stereocenters. The Balaban J connectivity index is 2.09. The summed E-state index contributed by atoms with van der Waals surface area (Å²) in [4.78, 5) is 2.53. The number of fused-ring (bicyclic) bond motifs is 4. The number of likely N-dealkylation sites (N-methyl/N-ethyl adjacent to an activating group) is 2. The summed E-state index contributed by atoms with van der Waals surface area (Å²) in [6.45, 7) is 6.85. The van der Waals surface area contributed by atoms with Crippen LogP contribution < -0.4 is 10.1 Å². The largest absolute Gasteiger partial charge is 0.497 e. The van der Waals surface area contributed by atoms with Gasteiger partial charge in [-0.25, -0.2) is 0 Å². The van der Waals surface area contributed by atoms with E-state index in [1.54, 1.807) is 7.11 Å². The predicted molar refractivity (Wildman–Crippen MR) is 82.5 cm³/mol. The molecule has 1 fully saturated rings. The molecule has 1 N–H and O–H groups in total. The van der Waals surface area contributed by atoms with Crippen LogP contribution in [0.4, 0.5) is 0 Å². The molecule has 0 radical (unpaired) electrons. The number of methoxy groups -OCH3 is 1. The molecule has 1 aliphatic carbocycles. The van der Waals surface area contributed by atoms with Crippen molar-refractivity contribution >= 4 is 0 Å². The number of hydrogen-bond donors (Lipinski definition) is 1. The van der Waals surface area contributed by atoms with Gasteiger partial charge < -0.3 is 15.0 Å². The van der Waals surface area contributed by atoms with Crippen molar-refractivity contribution in [1.82, 2.24) is 10.2 Å². The molecule has 2 aliphatic rings. The van der Waals surface area contributed by atoms with E-state index in [1.165, 1.54) is 24.1 Å². The Labute approximate surface area is 122 Å². The number of nitrogens with zero attached hydrogens (tertiary/aromatic N) is 1. The van der Waals surface area contributed by atoms with Crippen LogP contribution in [0.25, 0.3) is 0 Å². The molecule has 1 aromatic rings. The molecule has 1 heterocycles. The first-order valence-electron chi connectivity index (χ1n) is 7.71. The van der Waals surface area contributed by atoms with Gasteiger partial charge in [-0.1, -0.05) is 19.9 Å². The van der Waals surface area contributed by atoms with Crippen molar-refractivity contribution in [2.75, 3.05) is 27.2 Å². The summed E-state index contributed by atoms with van der Waals surface area (Å²) < 4.78 is 5.45. The zero-order valence-corrected chi connectivity index (χ0v) is 13.1. The first-order chi connectivity index (χ1) is 9.60. The van der Waals surface area contributed by atoms with Gasteiger partial charge >= 0.3 is 0 Å². The molecule has 2 bridgehead atoms. The fourth-order valence-corrected chi connectivity index (χ4v) is 4.18. The topological polar surface area (TPSA) is 24.5 Å². The SMILES string of the molecule is CCN[C@H]1[C@H]2Cc3ccc(OC)cc3[C@@]1(C)CCN2C. The Morgan fingerprint density at radius 1 is 1.45 bits per heavy atom. The Bertz CT molecular complexity index is 502. The van der Waals surface area contributed by atoms with E-state index < -0.39 is 0 Å². The molecular formula is C17H26N2O. The van der Waals surface area contributed by atoms with E-state index >= 15 is 0 Å². The Morgan fingerprint density at radius 3 is 2.95 bits per heavy atom. The molecule has 0 spiro atoms. The van der Waals surface area contributed by atoms with Crippen LogP contribution in [-0.2, 0) is 11.8 Å². The molecule has 1 aromatic carbocycles. The van der Waals surface area contributed by atoms with E-state index in [0.717, 1.165) is 18.7 Å². The number of hydrogen-bond acceptors (Lipinski definition) is 3. The molecular weight excluding hydrogens is 248 g/mol. The summed E-state index contributed by atoms with van der Waals surface area (Å²) in [6, 6.07) is 7.77. The number of benzene rings is 1. The fourth-order valence-electron chi connectivity index (χ4n) is 4.18. The molecule has 0 amide bonds. The molecule has 3 heteroatoms. The van der Waals surface area contributed by atoms with Crippen LogP contribution in [0.3, 0.4) is 0 Å². The van der Waals surface area contributed by atoms with Gasteiger partial charge in [-0.15, -0.1) is 0 Å². The van der Waals surface area contributed by atoms with Crippen molar-refractivity contribution in [3.63, 3.8) is 0 Å². The summed E-state index contributed by atoms with van der Waals surface area (Å²) in [7, 11) is 4.02. The summed E-state index contributed by atoms with van der Waals surface area (Å²) >= 11 is 0. The lowest BCUT2D eigenvalue weighted by atomic mass is 9.61. The molecule has 3 rings (SSSR count). The average Bonchev–Trinajstić information content (AvgIpc) is 2.46. The van der Waals surface area contributed by atoms with Crippen LogP contribution in [0.5, 0.6) is 5.75 Å². The van der Waals surface area contributed by atoms with E-state index in [0.29, 0.717) is 12.1 Å². The monoisotopic (exact) mass is 274 g/mol. The molecule has 110 valence electrons. The van der Waals surface area contributed by atoms with Gasteiger partial charge in [0.2, 0.25) is 0 Å². The van der Waals surface area contributed by atoms with Gasteiger partial charge in [0.05, 0.1) is 7.11 Å².